The second-order valence-electron chi connectivity index (χ2n) is 4.12. The molecule has 0 bridgehead atoms. The van der Waals surface area contributed by atoms with Crippen LogP contribution in [0, 0.1) is 3.57 Å². The van der Waals surface area contributed by atoms with E-state index in [2.05, 4.69) is 27.9 Å². The summed E-state index contributed by atoms with van der Waals surface area (Å²) in [4.78, 5) is 12.1. The van der Waals surface area contributed by atoms with E-state index < -0.39 is 0 Å². The van der Waals surface area contributed by atoms with E-state index in [9.17, 15) is 4.79 Å². The highest BCUT2D eigenvalue weighted by molar-refractivity contribution is 14.1. The van der Waals surface area contributed by atoms with Gasteiger partial charge in [0.25, 0.3) is 5.91 Å². The van der Waals surface area contributed by atoms with Gasteiger partial charge in [0.05, 0.1) is 12.7 Å². The molecule has 0 fully saturated rings. The van der Waals surface area contributed by atoms with Crippen molar-refractivity contribution in [3.05, 3.63) is 62.2 Å². The van der Waals surface area contributed by atoms with Gasteiger partial charge in [-0.3, -0.25) is 4.79 Å². The number of para-hydroxylation sites is 1. The Bertz CT molecular complexity index is 631. The van der Waals surface area contributed by atoms with Gasteiger partial charge >= 0.3 is 0 Å². The van der Waals surface area contributed by atoms with E-state index in [1.165, 1.54) is 0 Å². The number of carbonyl (C=O) groups excluding carboxylic acids is 1. The van der Waals surface area contributed by atoms with Crippen LogP contribution in [0.25, 0.3) is 0 Å². The minimum absolute atomic E-state index is 0.128. The van der Waals surface area contributed by atoms with Gasteiger partial charge in [0.2, 0.25) is 0 Å². The summed E-state index contributed by atoms with van der Waals surface area (Å²) in [7, 11) is 1.61. The van der Waals surface area contributed by atoms with Crippen LogP contribution in [0.2, 0.25) is 5.02 Å². The van der Waals surface area contributed by atoms with Crippen molar-refractivity contribution in [2.75, 3.05) is 7.11 Å². The molecule has 0 aliphatic rings. The van der Waals surface area contributed by atoms with E-state index in [1.807, 2.05) is 24.3 Å². The lowest BCUT2D eigenvalue weighted by Crippen LogP contribution is -2.23. The largest absolute Gasteiger partial charge is 0.496 e. The number of ether oxygens (including phenoxy) is 1. The van der Waals surface area contributed by atoms with Gasteiger partial charge in [-0.15, -0.1) is 0 Å². The smallest absolute Gasteiger partial charge is 0.252 e. The molecule has 0 atom stereocenters. The van der Waals surface area contributed by atoms with Gasteiger partial charge in [0.15, 0.2) is 0 Å². The summed E-state index contributed by atoms with van der Waals surface area (Å²) in [6.45, 7) is 0.418. The van der Waals surface area contributed by atoms with Crippen LogP contribution in [0.4, 0.5) is 0 Å². The maximum atomic E-state index is 12.1. The lowest BCUT2D eigenvalue weighted by Gasteiger charge is -2.10. The van der Waals surface area contributed by atoms with Crippen LogP contribution in [0.1, 0.15) is 15.9 Å². The van der Waals surface area contributed by atoms with Crippen LogP contribution in [-0.2, 0) is 6.54 Å². The van der Waals surface area contributed by atoms with Gasteiger partial charge in [-0.25, -0.2) is 0 Å². The summed E-state index contributed by atoms with van der Waals surface area (Å²) < 4.78 is 6.08. The highest BCUT2D eigenvalue weighted by Gasteiger charge is 2.11. The molecule has 0 spiro atoms. The Morgan fingerprint density at radius 1 is 1.30 bits per heavy atom. The molecule has 0 saturated heterocycles. The molecule has 2 rings (SSSR count). The molecule has 0 unspecified atom stereocenters. The Kier molecular flexibility index (Phi) is 5.25. The zero-order valence-corrected chi connectivity index (χ0v) is 13.7. The SMILES string of the molecule is COc1ccccc1CNC(=O)c1ccc(Cl)cc1I. The van der Waals surface area contributed by atoms with Gasteiger partial charge in [0, 0.05) is 20.7 Å². The molecule has 1 amide bonds. The van der Waals surface area contributed by atoms with Gasteiger partial charge < -0.3 is 10.1 Å². The quantitative estimate of drug-likeness (QED) is 0.790. The Labute approximate surface area is 136 Å². The topological polar surface area (TPSA) is 38.3 Å². The van der Waals surface area contributed by atoms with E-state index >= 15 is 0 Å². The average molecular weight is 402 g/mol. The number of rotatable bonds is 4. The van der Waals surface area contributed by atoms with Crippen LogP contribution in [0.15, 0.2) is 42.5 Å². The van der Waals surface area contributed by atoms with Crippen molar-refractivity contribution in [1.82, 2.24) is 5.32 Å². The monoisotopic (exact) mass is 401 g/mol. The lowest BCUT2D eigenvalue weighted by molar-refractivity contribution is 0.0950. The van der Waals surface area contributed by atoms with Crippen LogP contribution in [-0.4, -0.2) is 13.0 Å². The summed E-state index contributed by atoms with van der Waals surface area (Å²) in [6, 6.07) is 12.8. The molecule has 0 saturated carbocycles. The molecule has 0 aliphatic heterocycles. The number of hydrogen-bond donors (Lipinski definition) is 1. The van der Waals surface area contributed by atoms with E-state index in [1.54, 1.807) is 25.3 Å². The van der Waals surface area contributed by atoms with E-state index in [-0.39, 0.29) is 5.91 Å². The van der Waals surface area contributed by atoms with Crippen molar-refractivity contribution in [1.29, 1.82) is 0 Å². The van der Waals surface area contributed by atoms with E-state index in [0.717, 1.165) is 14.9 Å². The first kappa shape index (κ1) is 15.1. The number of nitrogens with one attached hydrogen (secondary N) is 1. The Morgan fingerprint density at radius 3 is 2.75 bits per heavy atom. The molecule has 3 nitrogen and oxygen atoms in total. The molecule has 1 N–H and O–H groups in total. The van der Waals surface area contributed by atoms with Crippen molar-refractivity contribution in [3.8, 4) is 5.75 Å². The summed E-state index contributed by atoms with van der Waals surface area (Å²) in [5.74, 6) is 0.635. The molecule has 104 valence electrons. The fraction of sp³-hybridized carbons (Fsp3) is 0.133. The maximum absolute atomic E-state index is 12.1. The normalized spacial score (nSPS) is 10.2. The fourth-order valence-corrected chi connectivity index (χ4v) is 2.91. The molecule has 2 aromatic carbocycles. The zero-order chi connectivity index (χ0) is 14.5. The third-order valence-electron chi connectivity index (χ3n) is 2.81. The average Bonchev–Trinajstić information content (AvgIpc) is 2.45. The highest BCUT2D eigenvalue weighted by atomic mass is 127. The first-order valence-corrected chi connectivity index (χ1v) is 7.42. The van der Waals surface area contributed by atoms with Gasteiger partial charge in [0.1, 0.15) is 5.75 Å². The number of methoxy groups -OCH3 is 1. The van der Waals surface area contributed by atoms with Crippen molar-refractivity contribution < 1.29 is 9.53 Å². The number of halogens is 2. The highest BCUT2D eigenvalue weighted by Crippen LogP contribution is 2.19. The standard InChI is InChI=1S/C15H13ClINO2/c1-20-14-5-3-2-4-10(14)9-18-15(19)12-7-6-11(16)8-13(12)17/h2-8H,9H2,1H3,(H,18,19). The van der Waals surface area contributed by atoms with Gasteiger partial charge in [-0.2, -0.15) is 0 Å². The van der Waals surface area contributed by atoms with Crippen molar-refractivity contribution in [3.63, 3.8) is 0 Å². The zero-order valence-electron chi connectivity index (χ0n) is 10.8. The number of hydrogen-bond acceptors (Lipinski definition) is 2. The molecule has 0 heterocycles. The summed E-state index contributed by atoms with van der Waals surface area (Å²) in [5.41, 5.74) is 1.55. The van der Waals surface area contributed by atoms with Crippen molar-refractivity contribution in [2.45, 2.75) is 6.54 Å². The molecular formula is C15H13ClINO2. The van der Waals surface area contributed by atoms with Gasteiger partial charge in [-0.1, -0.05) is 29.8 Å². The van der Waals surface area contributed by atoms with Crippen molar-refractivity contribution in [2.24, 2.45) is 0 Å². The third kappa shape index (κ3) is 3.64. The predicted octanol–water partition coefficient (Wildman–Crippen LogP) is 3.88. The first-order valence-electron chi connectivity index (χ1n) is 5.97. The summed E-state index contributed by atoms with van der Waals surface area (Å²) >= 11 is 7.98. The minimum Gasteiger partial charge on any atom is -0.496 e. The first-order chi connectivity index (χ1) is 9.61. The van der Waals surface area contributed by atoms with Crippen LogP contribution < -0.4 is 10.1 Å². The van der Waals surface area contributed by atoms with Crippen LogP contribution >= 0.6 is 34.2 Å². The molecule has 0 aromatic heterocycles. The van der Waals surface area contributed by atoms with Crippen LogP contribution in [0.5, 0.6) is 5.75 Å². The summed E-state index contributed by atoms with van der Waals surface area (Å²) in [5, 5.41) is 3.50. The molecule has 0 radical (unpaired) electrons. The summed E-state index contributed by atoms with van der Waals surface area (Å²) in [6.07, 6.45) is 0. The van der Waals surface area contributed by atoms with Gasteiger partial charge in [-0.05, 0) is 46.9 Å². The second kappa shape index (κ2) is 6.95. The van der Waals surface area contributed by atoms with Crippen molar-refractivity contribution >= 4 is 40.1 Å². The third-order valence-corrected chi connectivity index (χ3v) is 3.94. The number of amides is 1. The van der Waals surface area contributed by atoms with Crippen LogP contribution in [0.3, 0.4) is 0 Å². The minimum atomic E-state index is -0.128. The second-order valence-corrected chi connectivity index (χ2v) is 5.72. The Balaban J connectivity index is 2.09. The molecule has 20 heavy (non-hydrogen) atoms. The van der Waals surface area contributed by atoms with E-state index in [0.29, 0.717) is 17.1 Å². The van der Waals surface area contributed by atoms with E-state index in [4.69, 9.17) is 16.3 Å². The lowest BCUT2D eigenvalue weighted by atomic mass is 10.2. The molecule has 0 aliphatic carbocycles. The maximum Gasteiger partial charge on any atom is 0.252 e. The number of carbonyl (C=O) groups is 1. The molecule has 2 aromatic rings. The molecular weight excluding hydrogens is 389 g/mol. The predicted molar refractivity (Wildman–Crippen MR) is 88.3 cm³/mol. The fourth-order valence-electron chi connectivity index (χ4n) is 1.79. The Hall–Kier alpha value is -1.27. The molecule has 5 heteroatoms. The Morgan fingerprint density at radius 2 is 2.05 bits per heavy atom. The number of benzene rings is 2.